The summed E-state index contributed by atoms with van der Waals surface area (Å²) in [5.41, 5.74) is 3.22. The molecule has 0 radical (unpaired) electrons. The second kappa shape index (κ2) is 8.61. The van der Waals surface area contributed by atoms with Crippen molar-refractivity contribution in [1.29, 1.82) is 0 Å². The van der Waals surface area contributed by atoms with Crippen molar-refractivity contribution in [1.82, 2.24) is 10.2 Å². The van der Waals surface area contributed by atoms with Crippen molar-refractivity contribution >= 4 is 17.4 Å². The lowest BCUT2D eigenvalue weighted by Crippen LogP contribution is -2.45. The lowest BCUT2D eigenvalue weighted by molar-refractivity contribution is 0.0982. The number of halogens is 1. The van der Waals surface area contributed by atoms with Gasteiger partial charge in [0.05, 0.1) is 0 Å². The number of ketones is 1. The van der Waals surface area contributed by atoms with Crippen LogP contribution in [0.15, 0.2) is 48.5 Å². The van der Waals surface area contributed by atoms with Crippen LogP contribution >= 0.6 is 11.6 Å². The van der Waals surface area contributed by atoms with E-state index in [2.05, 4.69) is 29.3 Å². The number of Topliss-reactive ketones (excluding diaryl/α,β-unsaturated/α-hetero) is 1. The van der Waals surface area contributed by atoms with Gasteiger partial charge < -0.3 is 5.32 Å². The Balaban J connectivity index is 1.61. The molecule has 25 heavy (non-hydrogen) atoms. The van der Waals surface area contributed by atoms with Gasteiger partial charge in [0.1, 0.15) is 0 Å². The molecule has 2 aromatic rings. The summed E-state index contributed by atoms with van der Waals surface area (Å²) in [5.74, 6) is 0.190. The number of benzene rings is 2. The first-order valence-corrected chi connectivity index (χ1v) is 9.37. The predicted octanol–water partition coefficient (Wildman–Crippen LogP) is 4.12. The Labute approximate surface area is 155 Å². The summed E-state index contributed by atoms with van der Waals surface area (Å²) in [6, 6.07) is 16.3. The first-order chi connectivity index (χ1) is 12.2. The van der Waals surface area contributed by atoms with Crippen LogP contribution in [0.2, 0.25) is 5.02 Å². The lowest BCUT2D eigenvalue weighted by Gasteiger charge is -2.35. The monoisotopic (exact) mass is 356 g/mol. The van der Waals surface area contributed by atoms with Crippen LogP contribution in [0.1, 0.15) is 40.9 Å². The summed E-state index contributed by atoms with van der Waals surface area (Å²) in [6.45, 7) is 6.34. The van der Waals surface area contributed by atoms with Crippen molar-refractivity contribution in [2.24, 2.45) is 0 Å². The van der Waals surface area contributed by atoms with Crippen LogP contribution in [0.3, 0.4) is 0 Å². The standard InChI is InChI=1S/C21H25ClN2O/c1-2-24-14-13-23-15-20(24)17-6-8-18(9-7-17)21(25)12-5-16-3-10-19(22)11-4-16/h3-4,6-11,20,23H,2,5,12-15H2,1H3. The van der Waals surface area contributed by atoms with E-state index in [0.29, 0.717) is 12.5 Å². The van der Waals surface area contributed by atoms with Crippen LogP contribution < -0.4 is 5.32 Å². The molecular weight excluding hydrogens is 332 g/mol. The van der Waals surface area contributed by atoms with Crippen LogP contribution in [0.5, 0.6) is 0 Å². The van der Waals surface area contributed by atoms with Crippen LogP contribution in [0, 0.1) is 0 Å². The number of rotatable bonds is 6. The third kappa shape index (κ3) is 4.69. The fraction of sp³-hybridized carbons (Fsp3) is 0.381. The number of carbonyl (C=O) groups is 1. The van der Waals surface area contributed by atoms with Crippen LogP contribution in [0.25, 0.3) is 0 Å². The van der Waals surface area contributed by atoms with Gasteiger partial charge in [-0.15, -0.1) is 0 Å². The molecule has 1 unspecified atom stereocenters. The maximum Gasteiger partial charge on any atom is 0.163 e. The Bertz CT molecular complexity index is 697. The van der Waals surface area contributed by atoms with E-state index < -0.39 is 0 Å². The first-order valence-electron chi connectivity index (χ1n) is 8.99. The highest BCUT2D eigenvalue weighted by atomic mass is 35.5. The fourth-order valence-electron chi connectivity index (χ4n) is 3.40. The van der Waals surface area contributed by atoms with Crippen molar-refractivity contribution < 1.29 is 4.79 Å². The highest BCUT2D eigenvalue weighted by molar-refractivity contribution is 6.30. The zero-order valence-electron chi connectivity index (χ0n) is 14.7. The molecule has 0 saturated carbocycles. The predicted molar refractivity (Wildman–Crippen MR) is 103 cm³/mol. The number of aryl methyl sites for hydroxylation is 1. The van der Waals surface area contributed by atoms with Gasteiger partial charge in [-0.3, -0.25) is 9.69 Å². The third-order valence-corrected chi connectivity index (χ3v) is 5.18. The number of likely N-dealkylation sites (N-methyl/N-ethyl adjacent to an activating group) is 1. The molecule has 1 atom stereocenters. The molecule has 1 heterocycles. The van der Waals surface area contributed by atoms with Gasteiger partial charge in [0.2, 0.25) is 0 Å². The average molecular weight is 357 g/mol. The van der Waals surface area contributed by atoms with Gasteiger partial charge in [0.25, 0.3) is 0 Å². The molecule has 1 aliphatic heterocycles. The molecule has 0 spiro atoms. The lowest BCUT2D eigenvalue weighted by atomic mass is 9.98. The Hall–Kier alpha value is -1.68. The van der Waals surface area contributed by atoms with E-state index in [9.17, 15) is 4.79 Å². The van der Waals surface area contributed by atoms with Crippen LogP contribution in [0.4, 0.5) is 0 Å². The smallest absolute Gasteiger partial charge is 0.163 e. The first kappa shape index (κ1) is 18.1. The molecule has 0 bridgehead atoms. The quantitative estimate of drug-likeness (QED) is 0.790. The number of nitrogens with one attached hydrogen (secondary N) is 1. The number of carbonyl (C=O) groups excluding carboxylic acids is 1. The largest absolute Gasteiger partial charge is 0.314 e. The molecule has 2 aromatic carbocycles. The van der Waals surface area contributed by atoms with E-state index in [1.807, 2.05) is 36.4 Å². The fourth-order valence-corrected chi connectivity index (χ4v) is 3.52. The molecule has 132 valence electrons. The Morgan fingerprint density at radius 3 is 2.56 bits per heavy atom. The maximum atomic E-state index is 12.4. The molecule has 0 aliphatic carbocycles. The van der Waals surface area contributed by atoms with E-state index in [4.69, 9.17) is 11.6 Å². The number of nitrogens with zero attached hydrogens (tertiary/aromatic N) is 1. The third-order valence-electron chi connectivity index (χ3n) is 4.93. The summed E-state index contributed by atoms with van der Waals surface area (Å²) in [5, 5.41) is 4.19. The SMILES string of the molecule is CCN1CCNCC1c1ccc(C(=O)CCc2ccc(Cl)cc2)cc1. The van der Waals surface area contributed by atoms with Crippen molar-refractivity contribution in [2.75, 3.05) is 26.2 Å². The average Bonchev–Trinajstić information content (AvgIpc) is 2.67. The van der Waals surface area contributed by atoms with Gasteiger partial charge in [0.15, 0.2) is 5.78 Å². The maximum absolute atomic E-state index is 12.4. The van der Waals surface area contributed by atoms with Crippen LogP contribution in [-0.2, 0) is 6.42 Å². The molecule has 0 amide bonds. The van der Waals surface area contributed by atoms with Gasteiger partial charge in [-0.1, -0.05) is 54.9 Å². The van der Waals surface area contributed by atoms with E-state index in [1.54, 1.807) is 0 Å². The highest BCUT2D eigenvalue weighted by Gasteiger charge is 2.22. The van der Waals surface area contributed by atoms with E-state index in [0.717, 1.165) is 48.7 Å². The zero-order chi connectivity index (χ0) is 17.6. The number of hydrogen-bond donors (Lipinski definition) is 1. The van der Waals surface area contributed by atoms with Crippen molar-refractivity contribution in [3.05, 3.63) is 70.2 Å². The Morgan fingerprint density at radius 1 is 1.16 bits per heavy atom. The molecule has 1 aliphatic rings. The van der Waals surface area contributed by atoms with E-state index in [1.165, 1.54) is 5.56 Å². The number of hydrogen-bond acceptors (Lipinski definition) is 3. The molecule has 3 nitrogen and oxygen atoms in total. The molecule has 3 rings (SSSR count). The molecule has 1 fully saturated rings. The van der Waals surface area contributed by atoms with E-state index in [-0.39, 0.29) is 5.78 Å². The second-order valence-corrected chi connectivity index (χ2v) is 6.96. The molecule has 1 N–H and O–H groups in total. The minimum atomic E-state index is 0.190. The minimum absolute atomic E-state index is 0.190. The summed E-state index contributed by atoms with van der Waals surface area (Å²) >= 11 is 5.89. The molecular formula is C21H25ClN2O. The van der Waals surface area contributed by atoms with Gasteiger partial charge in [-0.05, 0) is 36.2 Å². The Kier molecular flexibility index (Phi) is 6.24. The van der Waals surface area contributed by atoms with E-state index >= 15 is 0 Å². The molecule has 1 saturated heterocycles. The normalized spacial score (nSPS) is 18.2. The van der Waals surface area contributed by atoms with Crippen molar-refractivity contribution in [3.63, 3.8) is 0 Å². The second-order valence-electron chi connectivity index (χ2n) is 6.52. The summed E-state index contributed by atoms with van der Waals surface area (Å²) in [4.78, 5) is 14.9. The summed E-state index contributed by atoms with van der Waals surface area (Å²) in [6.07, 6.45) is 1.26. The minimum Gasteiger partial charge on any atom is -0.314 e. The van der Waals surface area contributed by atoms with Crippen molar-refractivity contribution in [2.45, 2.75) is 25.8 Å². The highest BCUT2D eigenvalue weighted by Crippen LogP contribution is 2.22. The number of piperazine rings is 1. The topological polar surface area (TPSA) is 32.3 Å². The Morgan fingerprint density at radius 2 is 1.88 bits per heavy atom. The zero-order valence-corrected chi connectivity index (χ0v) is 15.4. The van der Waals surface area contributed by atoms with Gasteiger partial charge >= 0.3 is 0 Å². The summed E-state index contributed by atoms with van der Waals surface area (Å²) < 4.78 is 0. The van der Waals surface area contributed by atoms with Gasteiger partial charge in [-0.2, -0.15) is 0 Å². The molecule has 0 aromatic heterocycles. The van der Waals surface area contributed by atoms with Crippen LogP contribution in [-0.4, -0.2) is 36.9 Å². The molecule has 4 heteroatoms. The van der Waals surface area contributed by atoms with Crippen molar-refractivity contribution in [3.8, 4) is 0 Å². The summed E-state index contributed by atoms with van der Waals surface area (Å²) in [7, 11) is 0. The van der Waals surface area contributed by atoms with Gasteiger partial charge in [0, 0.05) is 42.7 Å². The van der Waals surface area contributed by atoms with Gasteiger partial charge in [-0.25, -0.2) is 0 Å².